The highest BCUT2D eigenvalue weighted by atomic mass is 14.1. The second kappa shape index (κ2) is 9.58. The van der Waals surface area contributed by atoms with Crippen LogP contribution in [0.15, 0.2) is 146 Å². The summed E-state index contributed by atoms with van der Waals surface area (Å²) in [5.74, 6) is 14.3. The van der Waals surface area contributed by atoms with Crippen LogP contribution in [0.25, 0.3) is 75.4 Å². The van der Waals surface area contributed by atoms with Gasteiger partial charge < -0.3 is 0 Å². The van der Waals surface area contributed by atoms with Gasteiger partial charge in [0.1, 0.15) is 0 Å². The molecule has 0 unspecified atom stereocenters. The molecular weight excluding hydrogens is 553 g/mol. The molecule has 0 saturated carbocycles. The summed E-state index contributed by atoms with van der Waals surface area (Å²) in [6.07, 6.45) is 0. The van der Waals surface area contributed by atoms with Gasteiger partial charge in [0, 0.05) is 27.6 Å². The average molecular weight is 577 g/mol. The zero-order chi connectivity index (χ0) is 30.2. The Morgan fingerprint density at radius 1 is 0.217 bits per heavy atom. The van der Waals surface area contributed by atoms with Crippen LogP contribution in [0.2, 0.25) is 0 Å². The number of hydrogen-bond donors (Lipinski definition) is 0. The second-order valence-electron chi connectivity index (χ2n) is 12.1. The number of hydrogen-bond acceptors (Lipinski definition) is 0. The van der Waals surface area contributed by atoms with E-state index in [4.69, 9.17) is 0 Å². The zero-order valence-electron chi connectivity index (χ0n) is 24.9. The smallest absolute Gasteiger partial charge is 0.0340 e. The van der Waals surface area contributed by atoms with Crippen molar-refractivity contribution in [3.8, 4) is 23.7 Å². The largest absolute Gasteiger partial charge is 0.0610 e. The van der Waals surface area contributed by atoms with E-state index in [1.807, 2.05) is 0 Å². The minimum absolute atomic E-state index is 0.989. The molecule has 0 fully saturated rings. The quantitative estimate of drug-likeness (QED) is 0.124. The minimum atomic E-state index is 0.989. The Morgan fingerprint density at radius 3 is 0.957 bits per heavy atom. The Balaban J connectivity index is 1.13. The number of rotatable bonds is 0. The van der Waals surface area contributed by atoms with Crippen LogP contribution < -0.4 is 0 Å². The molecule has 0 nitrogen and oxygen atoms in total. The zero-order valence-corrected chi connectivity index (χ0v) is 24.9. The fourth-order valence-corrected chi connectivity index (χ4v) is 7.51. The monoisotopic (exact) mass is 576 g/mol. The van der Waals surface area contributed by atoms with Crippen LogP contribution in [0.1, 0.15) is 22.3 Å². The summed E-state index contributed by atoms with van der Waals surface area (Å²) < 4.78 is 0. The standard InChI is InChI=1S/C46H24/c1-5-31-6-2-8-33(18-14-30-16-20-39-24-22-35-10-4-12-37-26-28-41(30)46(39)44(35)37)42(31)32(7-1)17-13-29-15-19-38-23-21-34-9-3-11-36-25-27-40(29)45(38)43(34)36/h1-12,15-16,19-28H. The fourth-order valence-electron chi connectivity index (χ4n) is 7.51. The Kier molecular flexibility index (Phi) is 5.21. The highest BCUT2D eigenvalue weighted by molar-refractivity contribution is 6.25. The van der Waals surface area contributed by atoms with E-state index in [9.17, 15) is 0 Å². The fraction of sp³-hybridized carbons (Fsp3) is 0. The maximum atomic E-state index is 3.56. The third kappa shape index (κ3) is 3.66. The minimum Gasteiger partial charge on any atom is -0.0610 e. The predicted molar refractivity (Wildman–Crippen MR) is 196 cm³/mol. The number of fused-ring (bicyclic) bond motifs is 1. The van der Waals surface area contributed by atoms with Crippen LogP contribution in [0.4, 0.5) is 0 Å². The highest BCUT2D eigenvalue weighted by Gasteiger charge is 2.12. The molecular formula is C46H24. The molecule has 0 aliphatic rings. The molecule has 0 bridgehead atoms. The van der Waals surface area contributed by atoms with Crippen molar-refractivity contribution in [3.63, 3.8) is 0 Å². The summed E-state index contributed by atoms with van der Waals surface area (Å²) in [6, 6.07) is 52.3. The first-order valence-electron chi connectivity index (χ1n) is 15.7. The van der Waals surface area contributed by atoms with E-state index in [1.54, 1.807) is 0 Å². The van der Waals surface area contributed by atoms with Crippen molar-refractivity contribution >= 4 is 75.4 Å². The molecule has 0 radical (unpaired) electrons. The summed E-state index contributed by atoms with van der Waals surface area (Å²) in [4.78, 5) is 0. The van der Waals surface area contributed by atoms with E-state index >= 15 is 0 Å². The molecule has 0 N–H and O–H groups in total. The lowest BCUT2D eigenvalue weighted by Crippen LogP contribution is -1.88. The van der Waals surface area contributed by atoms with E-state index in [0.717, 1.165) is 33.0 Å². The van der Waals surface area contributed by atoms with Gasteiger partial charge in [0.05, 0.1) is 0 Å². The van der Waals surface area contributed by atoms with Gasteiger partial charge in [0.25, 0.3) is 0 Å². The lowest BCUT2D eigenvalue weighted by Gasteiger charge is -2.11. The lowest BCUT2D eigenvalue weighted by atomic mass is 9.91. The van der Waals surface area contributed by atoms with E-state index in [1.165, 1.54) is 64.6 Å². The van der Waals surface area contributed by atoms with Crippen LogP contribution in [0.3, 0.4) is 0 Å². The molecule has 0 aliphatic heterocycles. The van der Waals surface area contributed by atoms with Crippen molar-refractivity contribution in [3.05, 3.63) is 168 Å². The van der Waals surface area contributed by atoms with Gasteiger partial charge in [-0.2, -0.15) is 0 Å². The third-order valence-electron chi connectivity index (χ3n) is 9.63. The van der Waals surface area contributed by atoms with E-state index in [2.05, 4.69) is 169 Å². The number of benzene rings is 10. The first-order chi connectivity index (χ1) is 22.8. The van der Waals surface area contributed by atoms with Gasteiger partial charge in [-0.05, 0) is 94.3 Å². The van der Waals surface area contributed by atoms with Crippen LogP contribution in [-0.4, -0.2) is 0 Å². The molecule has 0 aliphatic carbocycles. The average Bonchev–Trinajstić information content (AvgIpc) is 3.11. The lowest BCUT2D eigenvalue weighted by molar-refractivity contribution is 1.66. The molecule has 46 heavy (non-hydrogen) atoms. The predicted octanol–water partition coefficient (Wildman–Crippen LogP) is 11.4. The van der Waals surface area contributed by atoms with Gasteiger partial charge in [-0.15, -0.1) is 0 Å². The Labute approximate surface area is 266 Å². The topological polar surface area (TPSA) is 0 Å². The molecule has 10 aromatic carbocycles. The SMILES string of the molecule is C(#Cc1cccc2cccc(C#Cc3ccc4ccc5cccc6ccc3c4c56)c12)c1ccc2ccc3cccc4ccc1c2c34. The molecule has 0 saturated heterocycles. The van der Waals surface area contributed by atoms with Gasteiger partial charge in [-0.25, -0.2) is 0 Å². The van der Waals surface area contributed by atoms with Gasteiger partial charge in [-0.1, -0.05) is 145 Å². The molecule has 0 heteroatoms. The molecule has 10 rings (SSSR count). The van der Waals surface area contributed by atoms with Crippen molar-refractivity contribution < 1.29 is 0 Å². The third-order valence-corrected chi connectivity index (χ3v) is 9.63. The van der Waals surface area contributed by atoms with Crippen molar-refractivity contribution in [1.82, 2.24) is 0 Å². The maximum absolute atomic E-state index is 3.56. The summed E-state index contributed by atoms with van der Waals surface area (Å²) >= 11 is 0. The Bertz CT molecular complexity index is 2740. The Morgan fingerprint density at radius 2 is 0.522 bits per heavy atom. The van der Waals surface area contributed by atoms with Crippen LogP contribution in [0.5, 0.6) is 0 Å². The first-order valence-corrected chi connectivity index (χ1v) is 15.7. The first kappa shape index (κ1) is 25.0. The molecule has 0 spiro atoms. The van der Waals surface area contributed by atoms with Crippen molar-refractivity contribution in [2.75, 3.05) is 0 Å². The van der Waals surface area contributed by atoms with E-state index in [-0.39, 0.29) is 0 Å². The molecule has 0 atom stereocenters. The van der Waals surface area contributed by atoms with Crippen molar-refractivity contribution in [2.24, 2.45) is 0 Å². The Hall–Kier alpha value is -6.34. The van der Waals surface area contributed by atoms with E-state index in [0.29, 0.717) is 0 Å². The van der Waals surface area contributed by atoms with Crippen LogP contribution in [-0.2, 0) is 0 Å². The summed E-state index contributed by atoms with van der Waals surface area (Å²) in [6.45, 7) is 0. The van der Waals surface area contributed by atoms with Gasteiger partial charge in [-0.3, -0.25) is 0 Å². The molecule has 208 valence electrons. The molecule has 10 aromatic rings. The van der Waals surface area contributed by atoms with Crippen LogP contribution >= 0.6 is 0 Å². The van der Waals surface area contributed by atoms with E-state index < -0.39 is 0 Å². The molecule has 0 heterocycles. The van der Waals surface area contributed by atoms with Crippen LogP contribution in [0, 0.1) is 23.7 Å². The summed E-state index contributed by atoms with van der Waals surface area (Å²) in [5, 5.41) is 17.4. The van der Waals surface area contributed by atoms with Crippen molar-refractivity contribution in [2.45, 2.75) is 0 Å². The maximum Gasteiger partial charge on any atom is 0.0340 e. The second-order valence-corrected chi connectivity index (χ2v) is 12.1. The van der Waals surface area contributed by atoms with Gasteiger partial charge in [0.15, 0.2) is 0 Å². The highest BCUT2D eigenvalue weighted by Crippen LogP contribution is 2.37. The normalized spacial score (nSPS) is 11.6. The van der Waals surface area contributed by atoms with Gasteiger partial charge in [0.2, 0.25) is 0 Å². The summed E-state index contributed by atoms with van der Waals surface area (Å²) in [7, 11) is 0. The molecule has 0 aromatic heterocycles. The molecule has 0 amide bonds. The van der Waals surface area contributed by atoms with Crippen molar-refractivity contribution in [1.29, 1.82) is 0 Å². The summed E-state index contributed by atoms with van der Waals surface area (Å²) in [5.41, 5.74) is 4.06. The van der Waals surface area contributed by atoms with Gasteiger partial charge >= 0.3 is 0 Å².